The Labute approximate surface area is 94.1 Å². The van der Waals surface area contributed by atoms with Gasteiger partial charge in [0.05, 0.1) is 0 Å². The SMILES string of the molecule is O=c1ccn([C@@H]2O[C@H](CF)[C@@H](O)[C@@H]2O)c(=O)[nH]1. The van der Waals surface area contributed by atoms with E-state index in [-0.39, 0.29) is 0 Å². The molecule has 94 valence electrons. The van der Waals surface area contributed by atoms with Crippen LogP contribution in [0.1, 0.15) is 6.23 Å². The Kier molecular flexibility index (Phi) is 3.09. The number of aliphatic hydroxyl groups excluding tert-OH is 2. The number of aliphatic hydroxyl groups is 2. The second-order valence-corrected chi connectivity index (χ2v) is 3.72. The summed E-state index contributed by atoms with van der Waals surface area (Å²) in [5, 5.41) is 19.0. The van der Waals surface area contributed by atoms with Crippen LogP contribution in [-0.2, 0) is 4.74 Å². The monoisotopic (exact) mass is 246 g/mol. The predicted octanol–water partition coefficient (Wildman–Crippen LogP) is -1.87. The van der Waals surface area contributed by atoms with Crippen molar-refractivity contribution < 1.29 is 19.3 Å². The summed E-state index contributed by atoms with van der Waals surface area (Å²) in [6.45, 7) is -0.979. The summed E-state index contributed by atoms with van der Waals surface area (Å²) in [6.07, 6.45) is -4.13. The highest BCUT2D eigenvalue weighted by atomic mass is 19.1. The van der Waals surface area contributed by atoms with Crippen molar-refractivity contribution in [2.24, 2.45) is 0 Å². The van der Waals surface area contributed by atoms with E-state index in [4.69, 9.17) is 4.74 Å². The highest BCUT2D eigenvalue weighted by Gasteiger charge is 2.43. The van der Waals surface area contributed by atoms with Crippen LogP contribution in [0.25, 0.3) is 0 Å². The van der Waals surface area contributed by atoms with Gasteiger partial charge < -0.3 is 14.9 Å². The Bertz CT molecular complexity index is 513. The van der Waals surface area contributed by atoms with Crippen molar-refractivity contribution in [1.82, 2.24) is 9.55 Å². The molecule has 0 saturated carbocycles. The number of halogens is 1. The Morgan fingerprint density at radius 1 is 1.41 bits per heavy atom. The van der Waals surface area contributed by atoms with E-state index in [1.165, 1.54) is 0 Å². The Morgan fingerprint density at radius 3 is 2.65 bits per heavy atom. The van der Waals surface area contributed by atoms with E-state index < -0.39 is 42.5 Å². The lowest BCUT2D eigenvalue weighted by Gasteiger charge is -2.16. The van der Waals surface area contributed by atoms with E-state index in [1.54, 1.807) is 0 Å². The highest BCUT2D eigenvalue weighted by molar-refractivity contribution is 4.92. The molecule has 1 aromatic rings. The number of nitrogens with one attached hydrogen (secondary N) is 1. The van der Waals surface area contributed by atoms with Gasteiger partial charge in [0.15, 0.2) is 6.23 Å². The van der Waals surface area contributed by atoms with Crippen LogP contribution in [0.5, 0.6) is 0 Å². The number of alkyl halides is 1. The Hall–Kier alpha value is -1.51. The molecule has 2 heterocycles. The Balaban J connectivity index is 2.35. The van der Waals surface area contributed by atoms with Crippen LogP contribution in [0.3, 0.4) is 0 Å². The minimum atomic E-state index is -1.43. The average molecular weight is 246 g/mol. The molecule has 1 aromatic heterocycles. The lowest BCUT2D eigenvalue weighted by molar-refractivity contribution is -0.0454. The van der Waals surface area contributed by atoms with E-state index in [1.807, 2.05) is 4.98 Å². The van der Waals surface area contributed by atoms with Crippen molar-refractivity contribution >= 4 is 0 Å². The standard InChI is InChI=1S/C9H11FN2O5/c10-3-4-6(14)7(15)8(17-4)12-2-1-5(13)11-9(12)16/h1-2,4,6-8,14-15H,3H2,(H,11,13,16)/t4-,6-,7+,8-/m1/s1. The number of ether oxygens (including phenoxy) is 1. The summed E-state index contributed by atoms with van der Waals surface area (Å²) in [5.74, 6) is 0. The predicted molar refractivity (Wildman–Crippen MR) is 53.2 cm³/mol. The summed E-state index contributed by atoms with van der Waals surface area (Å²) in [4.78, 5) is 24.2. The smallest absolute Gasteiger partial charge is 0.330 e. The van der Waals surface area contributed by atoms with Gasteiger partial charge in [-0.2, -0.15) is 0 Å². The first-order valence-electron chi connectivity index (χ1n) is 4.93. The number of aromatic amines is 1. The summed E-state index contributed by atoms with van der Waals surface area (Å²) in [5.41, 5.74) is -1.39. The lowest BCUT2D eigenvalue weighted by atomic mass is 10.1. The van der Waals surface area contributed by atoms with Crippen molar-refractivity contribution in [3.05, 3.63) is 33.1 Å². The van der Waals surface area contributed by atoms with Crippen LogP contribution >= 0.6 is 0 Å². The zero-order chi connectivity index (χ0) is 12.6. The molecule has 0 unspecified atom stereocenters. The molecule has 7 nitrogen and oxygen atoms in total. The lowest BCUT2D eigenvalue weighted by Crippen LogP contribution is -2.37. The van der Waals surface area contributed by atoms with Crippen molar-refractivity contribution in [3.8, 4) is 0 Å². The van der Waals surface area contributed by atoms with Gasteiger partial charge in [-0.15, -0.1) is 0 Å². The number of nitrogens with zero attached hydrogens (tertiary/aromatic N) is 1. The number of aromatic nitrogens is 2. The number of H-pyrrole nitrogens is 1. The zero-order valence-electron chi connectivity index (χ0n) is 8.62. The van der Waals surface area contributed by atoms with Gasteiger partial charge in [0.1, 0.15) is 25.0 Å². The Morgan fingerprint density at radius 2 is 2.12 bits per heavy atom. The summed E-state index contributed by atoms with van der Waals surface area (Å²) in [6, 6.07) is 1.06. The molecule has 1 aliphatic rings. The fraction of sp³-hybridized carbons (Fsp3) is 0.556. The molecule has 2 rings (SSSR count). The van der Waals surface area contributed by atoms with Gasteiger partial charge in [-0.1, -0.05) is 0 Å². The molecule has 1 saturated heterocycles. The van der Waals surface area contributed by atoms with Crippen LogP contribution in [0.2, 0.25) is 0 Å². The molecular weight excluding hydrogens is 235 g/mol. The largest absolute Gasteiger partial charge is 0.387 e. The second kappa shape index (κ2) is 4.40. The molecule has 0 bridgehead atoms. The molecule has 0 spiro atoms. The van der Waals surface area contributed by atoms with Gasteiger partial charge in [-0.3, -0.25) is 14.3 Å². The molecule has 1 fully saturated rings. The fourth-order valence-electron chi connectivity index (χ4n) is 1.71. The molecule has 0 radical (unpaired) electrons. The van der Waals surface area contributed by atoms with Crippen LogP contribution in [-0.4, -0.2) is 44.8 Å². The molecule has 1 aliphatic heterocycles. The third-order valence-corrected chi connectivity index (χ3v) is 2.61. The van der Waals surface area contributed by atoms with Crippen LogP contribution in [0.15, 0.2) is 21.9 Å². The van der Waals surface area contributed by atoms with Gasteiger partial charge in [-0.25, -0.2) is 9.18 Å². The van der Waals surface area contributed by atoms with Gasteiger partial charge in [0, 0.05) is 12.3 Å². The zero-order valence-corrected chi connectivity index (χ0v) is 8.62. The molecular formula is C9H11FN2O5. The summed E-state index contributed by atoms with van der Waals surface area (Å²) in [7, 11) is 0. The minimum absolute atomic E-state index is 0.596. The third kappa shape index (κ3) is 2.02. The van der Waals surface area contributed by atoms with Crippen molar-refractivity contribution in [2.75, 3.05) is 6.67 Å². The van der Waals surface area contributed by atoms with Crippen LogP contribution in [0.4, 0.5) is 4.39 Å². The number of hydrogen-bond acceptors (Lipinski definition) is 5. The molecule has 4 atom stereocenters. The van der Waals surface area contributed by atoms with E-state index in [0.29, 0.717) is 0 Å². The highest BCUT2D eigenvalue weighted by Crippen LogP contribution is 2.28. The maximum atomic E-state index is 12.4. The van der Waals surface area contributed by atoms with Crippen molar-refractivity contribution in [1.29, 1.82) is 0 Å². The molecule has 17 heavy (non-hydrogen) atoms. The molecule has 0 amide bonds. The topological polar surface area (TPSA) is 105 Å². The maximum absolute atomic E-state index is 12.4. The number of hydrogen-bond donors (Lipinski definition) is 3. The van der Waals surface area contributed by atoms with Crippen LogP contribution in [0, 0.1) is 0 Å². The average Bonchev–Trinajstić information content (AvgIpc) is 2.57. The van der Waals surface area contributed by atoms with Gasteiger partial charge in [0.25, 0.3) is 5.56 Å². The van der Waals surface area contributed by atoms with E-state index in [9.17, 15) is 24.2 Å². The normalized spacial score (nSPS) is 32.9. The first kappa shape index (κ1) is 12.0. The molecule has 3 N–H and O–H groups in total. The molecule has 0 aromatic carbocycles. The summed E-state index contributed by atoms with van der Waals surface area (Å²) >= 11 is 0. The van der Waals surface area contributed by atoms with Crippen molar-refractivity contribution in [2.45, 2.75) is 24.5 Å². The van der Waals surface area contributed by atoms with E-state index in [0.717, 1.165) is 16.8 Å². The van der Waals surface area contributed by atoms with E-state index in [2.05, 4.69) is 0 Å². The minimum Gasteiger partial charge on any atom is -0.387 e. The van der Waals surface area contributed by atoms with Crippen molar-refractivity contribution in [3.63, 3.8) is 0 Å². The second-order valence-electron chi connectivity index (χ2n) is 3.72. The first-order valence-corrected chi connectivity index (χ1v) is 4.93. The quantitative estimate of drug-likeness (QED) is 0.567. The number of rotatable bonds is 2. The molecule has 0 aliphatic carbocycles. The summed E-state index contributed by atoms with van der Waals surface area (Å²) < 4.78 is 18.3. The third-order valence-electron chi connectivity index (χ3n) is 2.61. The van der Waals surface area contributed by atoms with Crippen LogP contribution < -0.4 is 11.2 Å². The van der Waals surface area contributed by atoms with Gasteiger partial charge >= 0.3 is 5.69 Å². The van der Waals surface area contributed by atoms with E-state index >= 15 is 0 Å². The fourth-order valence-corrected chi connectivity index (χ4v) is 1.71. The first-order chi connectivity index (χ1) is 8.04. The maximum Gasteiger partial charge on any atom is 0.330 e. The van der Waals surface area contributed by atoms with Gasteiger partial charge in [-0.05, 0) is 0 Å². The molecule has 8 heteroatoms. The van der Waals surface area contributed by atoms with Gasteiger partial charge in [0.2, 0.25) is 0 Å².